The number of halogens is 2. The third-order valence-electron chi connectivity index (χ3n) is 6.26. The Kier molecular flexibility index (Phi) is 6.88. The van der Waals surface area contributed by atoms with Gasteiger partial charge in [-0.1, -0.05) is 12.1 Å². The number of fused-ring (bicyclic) bond motifs is 1. The van der Waals surface area contributed by atoms with Crippen molar-refractivity contribution in [1.82, 2.24) is 4.90 Å². The third kappa shape index (κ3) is 5.06. The van der Waals surface area contributed by atoms with E-state index in [1.165, 1.54) is 29.2 Å². The molecule has 1 fully saturated rings. The Morgan fingerprint density at radius 3 is 2.59 bits per heavy atom. The normalized spacial score (nSPS) is 18.5. The first-order valence-corrected chi connectivity index (χ1v) is 13.0. The lowest BCUT2D eigenvalue weighted by Crippen LogP contribution is -2.48. The lowest BCUT2D eigenvalue weighted by Gasteiger charge is -2.37. The standard InChI is InChI=1S/C24H26F2N2O5S/c1-34(31,32)18-10-11-20-16(14-18)6-5-13-28(20)22(29)17-7-4-12-27(15-17)23(30)19-8-2-3-9-21(19)33-24(25)26/h2-3,8-11,14,17,24H,4-7,12-13,15H2,1H3. The Bertz CT molecular complexity index is 1200. The van der Waals surface area contributed by atoms with Gasteiger partial charge in [0.05, 0.1) is 16.4 Å². The summed E-state index contributed by atoms with van der Waals surface area (Å²) in [7, 11) is -3.35. The Labute approximate surface area is 197 Å². The van der Waals surface area contributed by atoms with Crippen molar-refractivity contribution in [2.75, 3.05) is 30.8 Å². The number of rotatable bonds is 5. The highest BCUT2D eigenvalue weighted by Crippen LogP contribution is 2.32. The van der Waals surface area contributed by atoms with Crippen LogP contribution in [-0.4, -0.2) is 57.6 Å². The van der Waals surface area contributed by atoms with Crippen LogP contribution in [0.2, 0.25) is 0 Å². The maximum absolute atomic E-state index is 13.5. The van der Waals surface area contributed by atoms with Crippen LogP contribution in [0.5, 0.6) is 5.75 Å². The highest BCUT2D eigenvalue weighted by molar-refractivity contribution is 7.90. The molecule has 2 aliphatic heterocycles. The number of piperidine rings is 1. The molecule has 34 heavy (non-hydrogen) atoms. The molecule has 1 atom stereocenters. The molecule has 4 rings (SSSR count). The van der Waals surface area contributed by atoms with Crippen molar-refractivity contribution in [2.24, 2.45) is 5.92 Å². The summed E-state index contributed by atoms with van der Waals surface area (Å²) < 4.78 is 53.8. The number of anilines is 1. The molecule has 2 heterocycles. The van der Waals surface area contributed by atoms with Crippen molar-refractivity contribution >= 4 is 27.3 Å². The molecule has 0 N–H and O–H groups in total. The van der Waals surface area contributed by atoms with E-state index in [9.17, 15) is 26.8 Å². The number of carbonyl (C=O) groups excluding carboxylic acids is 2. The Morgan fingerprint density at radius 2 is 1.85 bits per heavy atom. The number of aryl methyl sites for hydroxylation is 1. The Balaban J connectivity index is 1.53. The molecule has 1 saturated heterocycles. The summed E-state index contributed by atoms with van der Waals surface area (Å²) in [4.78, 5) is 30.0. The van der Waals surface area contributed by atoms with E-state index < -0.39 is 28.3 Å². The summed E-state index contributed by atoms with van der Waals surface area (Å²) in [5, 5.41) is 0. The van der Waals surface area contributed by atoms with Crippen LogP contribution in [0.15, 0.2) is 47.4 Å². The van der Waals surface area contributed by atoms with Gasteiger partial charge in [-0.05, 0) is 61.6 Å². The molecule has 0 aromatic heterocycles. The fourth-order valence-corrected chi connectivity index (χ4v) is 5.30. The highest BCUT2D eigenvalue weighted by Gasteiger charge is 2.34. The Morgan fingerprint density at radius 1 is 1.09 bits per heavy atom. The van der Waals surface area contributed by atoms with Crippen molar-refractivity contribution in [2.45, 2.75) is 37.2 Å². The molecule has 0 saturated carbocycles. The molecule has 0 bridgehead atoms. The molecule has 0 aliphatic carbocycles. The minimum Gasteiger partial charge on any atom is -0.434 e. The van der Waals surface area contributed by atoms with Crippen LogP contribution in [-0.2, 0) is 21.1 Å². The van der Waals surface area contributed by atoms with Crippen LogP contribution < -0.4 is 9.64 Å². The second kappa shape index (κ2) is 9.69. The van der Waals surface area contributed by atoms with Crippen LogP contribution in [0.4, 0.5) is 14.5 Å². The van der Waals surface area contributed by atoms with Gasteiger partial charge in [0, 0.05) is 31.6 Å². The number of alkyl halides is 2. The topological polar surface area (TPSA) is 84.0 Å². The summed E-state index contributed by atoms with van der Waals surface area (Å²) in [5.74, 6) is -1.21. The van der Waals surface area contributed by atoms with Gasteiger partial charge in [-0.25, -0.2) is 8.42 Å². The van der Waals surface area contributed by atoms with E-state index in [1.807, 2.05) is 0 Å². The second-order valence-corrected chi connectivity index (χ2v) is 10.6. The van der Waals surface area contributed by atoms with Crippen molar-refractivity contribution in [1.29, 1.82) is 0 Å². The van der Waals surface area contributed by atoms with Gasteiger partial charge in [0.25, 0.3) is 5.91 Å². The van der Waals surface area contributed by atoms with Gasteiger partial charge in [0.15, 0.2) is 9.84 Å². The van der Waals surface area contributed by atoms with Gasteiger partial charge in [-0.15, -0.1) is 0 Å². The number of benzene rings is 2. The summed E-state index contributed by atoms with van der Waals surface area (Å²) in [6, 6.07) is 10.7. The molecule has 10 heteroatoms. The molecular weight excluding hydrogens is 466 g/mol. The molecule has 2 aliphatic rings. The average Bonchev–Trinajstić information content (AvgIpc) is 2.82. The van der Waals surface area contributed by atoms with Crippen molar-refractivity contribution in [3.63, 3.8) is 0 Å². The zero-order valence-corrected chi connectivity index (χ0v) is 19.6. The van der Waals surface area contributed by atoms with Crippen molar-refractivity contribution in [3.8, 4) is 5.75 Å². The summed E-state index contributed by atoms with van der Waals surface area (Å²) in [5.41, 5.74) is 1.54. The fourth-order valence-electron chi connectivity index (χ4n) is 4.63. The second-order valence-electron chi connectivity index (χ2n) is 8.62. The maximum Gasteiger partial charge on any atom is 0.387 e. The predicted molar refractivity (Wildman–Crippen MR) is 122 cm³/mol. The number of amides is 2. The lowest BCUT2D eigenvalue weighted by molar-refractivity contribution is -0.123. The van der Waals surface area contributed by atoms with Crippen LogP contribution in [0, 0.1) is 5.92 Å². The lowest BCUT2D eigenvalue weighted by atomic mass is 9.93. The fraction of sp³-hybridized carbons (Fsp3) is 0.417. The molecule has 1 unspecified atom stereocenters. The molecule has 182 valence electrons. The zero-order chi connectivity index (χ0) is 24.5. The van der Waals surface area contributed by atoms with Gasteiger partial charge in [-0.2, -0.15) is 8.78 Å². The first-order chi connectivity index (χ1) is 16.1. The van der Waals surface area contributed by atoms with E-state index >= 15 is 0 Å². The quantitative estimate of drug-likeness (QED) is 0.638. The highest BCUT2D eigenvalue weighted by atomic mass is 32.2. The van der Waals surface area contributed by atoms with Crippen molar-refractivity contribution in [3.05, 3.63) is 53.6 Å². The van der Waals surface area contributed by atoms with Gasteiger partial charge in [-0.3, -0.25) is 9.59 Å². The number of sulfone groups is 1. The third-order valence-corrected chi connectivity index (χ3v) is 7.37. The number of likely N-dealkylation sites (tertiary alicyclic amines) is 1. The zero-order valence-electron chi connectivity index (χ0n) is 18.7. The first-order valence-electron chi connectivity index (χ1n) is 11.1. The van der Waals surface area contributed by atoms with Gasteiger partial charge in [0.1, 0.15) is 5.75 Å². The number of hydrogen-bond acceptors (Lipinski definition) is 5. The molecule has 2 amide bonds. The van der Waals surface area contributed by atoms with E-state index in [0.29, 0.717) is 44.5 Å². The minimum absolute atomic E-state index is 0.0347. The van der Waals surface area contributed by atoms with Crippen LogP contribution in [0.3, 0.4) is 0 Å². The van der Waals surface area contributed by atoms with Crippen LogP contribution in [0.25, 0.3) is 0 Å². The van der Waals surface area contributed by atoms with E-state index in [1.54, 1.807) is 23.1 Å². The molecule has 2 aromatic rings. The van der Waals surface area contributed by atoms with Gasteiger partial charge < -0.3 is 14.5 Å². The number of carbonyl (C=O) groups is 2. The van der Waals surface area contributed by atoms with E-state index in [4.69, 9.17) is 0 Å². The molecule has 0 radical (unpaired) electrons. The predicted octanol–water partition coefficient (Wildman–Crippen LogP) is 3.52. The molecule has 7 nitrogen and oxygen atoms in total. The summed E-state index contributed by atoms with van der Waals surface area (Å²) >= 11 is 0. The van der Waals surface area contributed by atoms with Gasteiger partial charge >= 0.3 is 6.61 Å². The first kappa shape index (κ1) is 24.1. The van der Waals surface area contributed by atoms with Crippen LogP contribution in [0.1, 0.15) is 35.2 Å². The van der Waals surface area contributed by atoms with Crippen molar-refractivity contribution < 1.29 is 31.5 Å². The molecule has 0 spiro atoms. The Hall–Kier alpha value is -3.01. The van der Waals surface area contributed by atoms with Gasteiger partial charge in [0.2, 0.25) is 5.91 Å². The SMILES string of the molecule is CS(=O)(=O)c1ccc2c(c1)CCCN2C(=O)C1CCCN(C(=O)c2ccccc2OC(F)F)C1. The van der Waals surface area contributed by atoms with Crippen LogP contribution >= 0.6 is 0 Å². The number of para-hydroxylation sites is 1. The summed E-state index contributed by atoms with van der Waals surface area (Å²) in [6.45, 7) is -1.94. The summed E-state index contributed by atoms with van der Waals surface area (Å²) in [6.07, 6.45) is 3.75. The maximum atomic E-state index is 13.5. The molecular formula is C24H26F2N2O5S. The van der Waals surface area contributed by atoms with E-state index in [0.717, 1.165) is 11.8 Å². The van der Waals surface area contributed by atoms with E-state index in [-0.39, 0.29) is 28.7 Å². The minimum atomic E-state index is -3.35. The smallest absolute Gasteiger partial charge is 0.387 e. The number of ether oxygens (including phenoxy) is 1. The number of hydrogen-bond donors (Lipinski definition) is 0. The average molecular weight is 493 g/mol. The largest absolute Gasteiger partial charge is 0.434 e. The number of nitrogens with zero attached hydrogens (tertiary/aromatic N) is 2. The molecule has 2 aromatic carbocycles. The monoisotopic (exact) mass is 492 g/mol. The van der Waals surface area contributed by atoms with E-state index in [2.05, 4.69) is 4.74 Å².